The van der Waals surface area contributed by atoms with Gasteiger partial charge in [-0.3, -0.25) is 9.05 Å². The number of hydrogen-bond donors (Lipinski definition) is 1. The molecule has 0 amide bonds. The molecule has 0 fully saturated rings. The van der Waals surface area contributed by atoms with Crippen molar-refractivity contribution in [2.24, 2.45) is 5.92 Å². The lowest BCUT2D eigenvalue weighted by Crippen LogP contribution is -2.37. The first-order chi connectivity index (χ1) is 16.2. The Morgan fingerprint density at radius 3 is 1.68 bits per heavy atom. The number of likely N-dealkylation sites (N-methyl/N-ethyl adjacent to an activating group) is 1. The second-order valence-electron chi connectivity index (χ2n) is 10.6. The Kier molecular flexibility index (Phi) is 22.2. The first kappa shape index (κ1) is 34.0. The number of rotatable bonds is 26. The molecule has 0 radical (unpaired) electrons. The smallest absolute Gasteiger partial charge is 0.384 e. The monoisotopic (exact) mass is 510 g/mol. The standard InChI is InChI=1S/C26H56NO6P/c1-6-7-8-9-10-11-12-13-14-15-16-17-18-19-21-31-24-26(23-30-5)25-33-34(28,29)32-22-20-27(2,3)4/h26H,6-25H2,1-5H3/p+1. The van der Waals surface area contributed by atoms with Gasteiger partial charge in [-0.1, -0.05) is 90.4 Å². The summed E-state index contributed by atoms with van der Waals surface area (Å²) in [6.07, 6.45) is 18.7. The van der Waals surface area contributed by atoms with Gasteiger partial charge in [-0.15, -0.1) is 0 Å². The van der Waals surface area contributed by atoms with E-state index in [1.54, 1.807) is 7.11 Å². The van der Waals surface area contributed by atoms with Crippen LogP contribution in [0.4, 0.5) is 0 Å². The number of methoxy groups -OCH3 is 1. The van der Waals surface area contributed by atoms with Crippen molar-refractivity contribution >= 4 is 7.82 Å². The highest BCUT2D eigenvalue weighted by Crippen LogP contribution is 2.43. The maximum absolute atomic E-state index is 12.1. The molecule has 0 saturated carbocycles. The third-order valence-electron chi connectivity index (χ3n) is 5.89. The quantitative estimate of drug-likeness (QED) is 0.0804. The van der Waals surface area contributed by atoms with Gasteiger partial charge in [-0.2, -0.15) is 0 Å². The van der Waals surface area contributed by atoms with E-state index in [4.69, 9.17) is 18.5 Å². The number of phosphoric acid groups is 1. The lowest BCUT2D eigenvalue weighted by Gasteiger charge is -2.24. The molecule has 0 aromatic carbocycles. The fourth-order valence-corrected chi connectivity index (χ4v) is 4.48. The van der Waals surface area contributed by atoms with Crippen LogP contribution in [0.2, 0.25) is 0 Å². The molecular weight excluding hydrogens is 453 g/mol. The van der Waals surface area contributed by atoms with Crippen molar-refractivity contribution in [2.45, 2.75) is 96.8 Å². The highest BCUT2D eigenvalue weighted by molar-refractivity contribution is 7.47. The fraction of sp³-hybridized carbons (Fsp3) is 1.00. The average molecular weight is 511 g/mol. The molecule has 0 aliphatic carbocycles. The lowest BCUT2D eigenvalue weighted by molar-refractivity contribution is -0.870. The van der Waals surface area contributed by atoms with Gasteiger partial charge in [0.15, 0.2) is 0 Å². The Balaban J connectivity index is 3.65. The zero-order chi connectivity index (χ0) is 25.5. The molecule has 0 aliphatic rings. The minimum atomic E-state index is -4.05. The fourth-order valence-electron chi connectivity index (χ4n) is 3.70. The van der Waals surface area contributed by atoms with Gasteiger partial charge in [-0.25, -0.2) is 4.57 Å². The molecule has 1 N–H and O–H groups in total. The van der Waals surface area contributed by atoms with E-state index in [1.807, 2.05) is 21.1 Å². The second kappa shape index (κ2) is 22.2. The van der Waals surface area contributed by atoms with Gasteiger partial charge in [0.05, 0.1) is 41.0 Å². The molecule has 34 heavy (non-hydrogen) atoms. The summed E-state index contributed by atoms with van der Waals surface area (Å²) in [6.45, 7) is 4.70. The van der Waals surface area contributed by atoms with E-state index in [9.17, 15) is 9.46 Å². The summed E-state index contributed by atoms with van der Waals surface area (Å²) < 4.78 is 33.9. The van der Waals surface area contributed by atoms with Crippen LogP contribution >= 0.6 is 7.82 Å². The van der Waals surface area contributed by atoms with E-state index in [-0.39, 0.29) is 19.1 Å². The number of unbranched alkanes of at least 4 members (excludes halogenated alkanes) is 13. The van der Waals surface area contributed by atoms with E-state index >= 15 is 0 Å². The summed E-state index contributed by atoms with van der Waals surface area (Å²) in [4.78, 5) is 9.86. The van der Waals surface area contributed by atoms with Crippen LogP contribution in [0, 0.1) is 5.92 Å². The molecule has 7 nitrogen and oxygen atoms in total. The molecule has 0 heterocycles. The van der Waals surface area contributed by atoms with Crippen molar-refractivity contribution in [3.05, 3.63) is 0 Å². The van der Waals surface area contributed by atoms with Crippen molar-refractivity contribution in [1.29, 1.82) is 0 Å². The van der Waals surface area contributed by atoms with Gasteiger partial charge >= 0.3 is 7.82 Å². The van der Waals surface area contributed by atoms with Gasteiger partial charge in [-0.05, 0) is 6.42 Å². The number of ether oxygens (including phenoxy) is 2. The Labute approximate surface area is 211 Å². The molecule has 0 rings (SSSR count). The molecule has 0 aromatic heterocycles. The largest absolute Gasteiger partial charge is 0.472 e. The van der Waals surface area contributed by atoms with E-state index in [0.29, 0.717) is 30.8 Å². The molecule has 8 heteroatoms. The molecule has 2 unspecified atom stereocenters. The lowest BCUT2D eigenvalue weighted by atomic mass is 10.0. The van der Waals surface area contributed by atoms with E-state index < -0.39 is 7.82 Å². The zero-order valence-corrected chi connectivity index (χ0v) is 24.0. The van der Waals surface area contributed by atoms with E-state index in [2.05, 4.69) is 6.92 Å². The van der Waals surface area contributed by atoms with Gasteiger partial charge in [0, 0.05) is 19.6 Å². The first-order valence-corrected chi connectivity index (χ1v) is 15.2. The van der Waals surface area contributed by atoms with Crippen LogP contribution in [0.25, 0.3) is 0 Å². The third-order valence-corrected chi connectivity index (χ3v) is 6.87. The maximum Gasteiger partial charge on any atom is 0.472 e. The Hall–Kier alpha value is -0.0100. The predicted molar refractivity (Wildman–Crippen MR) is 141 cm³/mol. The summed E-state index contributed by atoms with van der Waals surface area (Å²) in [5, 5.41) is 0. The topological polar surface area (TPSA) is 74.2 Å². The van der Waals surface area contributed by atoms with Crippen molar-refractivity contribution in [3.8, 4) is 0 Å². The van der Waals surface area contributed by atoms with Crippen molar-refractivity contribution in [2.75, 3.05) is 67.8 Å². The summed E-state index contributed by atoms with van der Waals surface area (Å²) >= 11 is 0. The van der Waals surface area contributed by atoms with Crippen molar-refractivity contribution in [3.63, 3.8) is 0 Å². The molecule has 0 spiro atoms. The highest BCUT2D eigenvalue weighted by atomic mass is 31.2. The molecule has 0 bridgehead atoms. The minimum absolute atomic E-state index is 0.0741. The molecule has 206 valence electrons. The number of hydrogen-bond acceptors (Lipinski definition) is 5. The van der Waals surface area contributed by atoms with Crippen LogP contribution in [0.3, 0.4) is 0 Å². The average Bonchev–Trinajstić information content (AvgIpc) is 2.76. The van der Waals surface area contributed by atoms with Crippen molar-refractivity contribution < 1.29 is 32.5 Å². The second-order valence-corrected chi connectivity index (χ2v) is 12.1. The van der Waals surface area contributed by atoms with Crippen LogP contribution in [0.1, 0.15) is 96.8 Å². The van der Waals surface area contributed by atoms with Crippen LogP contribution < -0.4 is 0 Å². The van der Waals surface area contributed by atoms with Crippen LogP contribution in [-0.2, 0) is 23.1 Å². The summed E-state index contributed by atoms with van der Waals surface area (Å²) in [7, 11) is 3.54. The normalized spacial score (nSPS) is 14.9. The predicted octanol–water partition coefficient (Wildman–Crippen LogP) is 6.59. The van der Waals surface area contributed by atoms with Crippen LogP contribution in [0.5, 0.6) is 0 Å². The number of nitrogens with zero attached hydrogens (tertiary/aromatic N) is 1. The third kappa shape index (κ3) is 25.1. The Morgan fingerprint density at radius 2 is 1.21 bits per heavy atom. The van der Waals surface area contributed by atoms with Crippen molar-refractivity contribution in [1.82, 2.24) is 0 Å². The maximum atomic E-state index is 12.1. The highest BCUT2D eigenvalue weighted by Gasteiger charge is 2.24. The van der Waals surface area contributed by atoms with Gasteiger partial charge < -0.3 is 18.9 Å². The number of phosphoric ester groups is 1. The number of quaternary nitrogens is 1. The van der Waals surface area contributed by atoms with Gasteiger partial charge in [0.2, 0.25) is 0 Å². The molecular formula is C26H57NO6P+. The van der Waals surface area contributed by atoms with Gasteiger partial charge in [0.1, 0.15) is 13.2 Å². The summed E-state index contributed by atoms with van der Waals surface area (Å²) in [6, 6.07) is 0. The molecule has 2 atom stereocenters. The SMILES string of the molecule is CCCCCCCCCCCCCCCCOCC(COC)COP(=O)(O)OCC[N+](C)(C)C. The first-order valence-electron chi connectivity index (χ1n) is 13.7. The molecule has 0 aliphatic heterocycles. The Bertz CT molecular complexity index is 486. The van der Waals surface area contributed by atoms with E-state index in [0.717, 1.165) is 6.42 Å². The molecule has 0 aromatic rings. The molecule has 0 saturated heterocycles. The minimum Gasteiger partial charge on any atom is -0.384 e. The van der Waals surface area contributed by atoms with Gasteiger partial charge in [0.25, 0.3) is 0 Å². The van der Waals surface area contributed by atoms with E-state index in [1.165, 1.54) is 83.5 Å². The summed E-state index contributed by atoms with van der Waals surface area (Å²) in [5.41, 5.74) is 0. The van der Waals surface area contributed by atoms with Crippen LogP contribution in [0.15, 0.2) is 0 Å². The Morgan fingerprint density at radius 1 is 0.706 bits per heavy atom. The summed E-state index contributed by atoms with van der Waals surface area (Å²) in [5.74, 6) is -0.0980. The zero-order valence-electron chi connectivity index (χ0n) is 23.1. The van der Waals surface area contributed by atoms with Crippen LogP contribution in [-0.4, -0.2) is 77.2 Å².